The highest BCUT2D eigenvalue weighted by Crippen LogP contribution is 2.29. The van der Waals surface area contributed by atoms with Gasteiger partial charge < -0.3 is 9.73 Å². The number of carbonyl (C=O) groups is 1. The number of aromatic nitrogens is 1. The van der Waals surface area contributed by atoms with Crippen molar-refractivity contribution >= 4 is 46.2 Å². The maximum atomic E-state index is 13.7. The van der Waals surface area contributed by atoms with Gasteiger partial charge in [-0.15, -0.1) is 11.3 Å². The minimum absolute atomic E-state index is 0.169. The molecule has 1 amide bonds. The van der Waals surface area contributed by atoms with E-state index in [2.05, 4.69) is 5.32 Å². The summed E-state index contributed by atoms with van der Waals surface area (Å²) in [5.41, 5.74) is 3.17. The lowest BCUT2D eigenvalue weighted by Gasteiger charge is -2.09. The Bertz CT molecular complexity index is 1930. The third-order valence-electron chi connectivity index (χ3n) is 6.07. The molecule has 0 saturated carbocycles. The van der Waals surface area contributed by atoms with Crippen molar-refractivity contribution in [3.63, 3.8) is 0 Å². The zero-order chi connectivity index (χ0) is 27.5. The van der Waals surface area contributed by atoms with Crippen LogP contribution in [0.3, 0.4) is 0 Å². The fraction of sp³-hybridized carbons (Fsp3) is 0.0645. The Balaban J connectivity index is 1.67. The average Bonchev–Trinajstić information content (AvgIpc) is 3.52. The monoisotopic (exact) mass is 551 g/mol. The number of furan rings is 1. The van der Waals surface area contributed by atoms with Crippen molar-refractivity contribution in [3.05, 3.63) is 126 Å². The number of amides is 1. The second-order valence-corrected chi connectivity index (χ2v) is 10.3. The first-order chi connectivity index (χ1) is 18.9. The maximum Gasteiger partial charge on any atom is 0.273 e. The van der Waals surface area contributed by atoms with E-state index < -0.39 is 5.91 Å². The molecular weight excluding hydrogens is 530 g/mol. The van der Waals surface area contributed by atoms with Crippen LogP contribution in [0, 0.1) is 25.2 Å². The van der Waals surface area contributed by atoms with Crippen LogP contribution in [0.4, 0.5) is 5.69 Å². The van der Waals surface area contributed by atoms with Crippen molar-refractivity contribution in [3.8, 4) is 23.1 Å². The highest BCUT2D eigenvalue weighted by molar-refractivity contribution is 7.07. The predicted molar refractivity (Wildman–Crippen MR) is 155 cm³/mol. The van der Waals surface area contributed by atoms with E-state index in [1.807, 2.05) is 62.4 Å². The fourth-order valence-corrected chi connectivity index (χ4v) is 5.39. The molecule has 0 fully saturated rings. The molecule has 0 atom stereocenters. The lowest BCUT2D eigenvalue weighted by atomic mass is 10.1. The molecule has 0 saturated heterocycles. The number of hydrogen-bond donors (Lipinski definition) is 1. The van der Waals surface area contributed by atoms with Gasteiger partial charge in [0, 0.05) is 17.3 Å². The number of nitriles is 1. The smallest absolute Gasteiger partial charge is 0.273 e. The summed E-state index contributed by atoms with van der Waals surface area (Å²) in [5.74, 6) is 0.403. The largest absolute Gasteiger partial charge is 0.457 e. The number of anilines is 1. The summed E-state index contributed by atoms with van der Waals surface area (Å²) in [7, 11) is 0. The summed E-state index contributed by atoms with van der Waals surface area (Å²) in [6, 6.07) is 27.5. The molecule has 0 bridgehead atoms. The normalized spacial score (nSPS) is 12.2. The summed E-state index contributed by atoms with van der Waals surface area (Å²) in [6.45, 7) is 3.80. The van der Waals surface area contributed by atoms with Gasteiger partial charge in [0.05, 0.1) is 15.2 Å². The number of benzene rings is 3. The Morgan fingerprint density at radius 1 is 1.03 bits per heavy atom. The van der Waals surface area contributed by atoms with Crippen LogP contribution in [-0.2, 0) is 4.79 Å². The van der Waals surface area contributed by atoms with Gasteiger partial charge in [0.2, 0.25) is 0 Å². The van der Waals surface area contributed by atoms with Crippen LogP contribution in [0.5, 0.6) is 0 Å². The molecule has 5 rings (SSSR count). The van der Waals surface area contributed by atoms with Gasteiger partial charge in [-0.2, -0.15) is 5.26 Å². The van der Waals surface area contributed by atoms with Gasteiger partial charge in [0.1, 0.15) is 22.3 Å². The minimum Gasteiger partial charge on any atom is -0.457 e. The van der Waals surface area contributed by atoms with E-state index in [4.69, 9.17) is 16.0 Å². The zero-order valence-corrected chi connectivity index (χ0v) is 22.6. The number of hydrogen-bond acceptors (Lipinski definition) is 5. The number of thiazole rings is 1. The lowest BCUT2D eigenvalue weighted by molar-refractivity contribution is -0.111. The zero-order valence-electron chi connectivity index (χ0n) is 21.1. The van der Waals surface area contributed by atoms with Crippen molar-refractivity contribution in [2.24, 2.45) is 0 Å². The highest BCUT2D eigenvalue weighted by atomic mass is 35.5. The number of nitrogens with zero attached hydrogens (tertiary/aromatic N) is 2. The second kappa shape index (κ2) is 11.0. The molecule has 39 heavy (non-hydrogen) atoms. The minimum atomic E-state index is -0.595. The van der Waals surface area contributed by atoms with Crippen molar-refractivity contribution in [1.82, 2.24) is 4.57 Å². The molecule has 5 aromatic rings. The lowest BCUT2D eigenvalue weighted by Crippen LogP contribution is -2.32. The summed E-state index contributed by atoms with van der Waals surface area (Å²) < 4.78 is 7.88. The molecule has 2 aromatic heterocycles. The van der Waals surface area contributed by atoms with E-state index in [9.17, 15) is 14.9 Å². The van der Waals surface area contributed by atoms with E-state index in [0.717, 1.165) is 28.0 Å². The van der Waals surface area contributed by atoms with Crippen LogP contribution in [0.2, 0.25) is 5.02 Å². The maximum absolute atomic E-state index is 13.7. The van der Waals surface area contributed by atoms with Gasteiger partial charge in [-0.25, -0.2) is 0 Å². The number of carbonyl (C=O) groups excluding carboxylic acids is 1. The van der Waals surface area contributed by atoms with Crippen molar-refractivity contribution < 1.29 is 9.21 Å². The molecule has 0 spiro atoms. The number of para-hydroxylation sites is 1. The van der Waals surface area contributed by atoms with Crippen molar-refractivity contribution in [1.29, 1.82) is 5.26 Å². The number of rotatable bonds is 5. The first-order valence-electron chi connectivity index (χ1n) is 12.0. The molecule has 0 aliphatic carbocycles. The molecule has 0 unspecified atom stereocenters. The molecule has 192 valence electrons. The van der Waals surface area contributed by atoms with E-state index in [-0.39, 0.29) is 15.8 Å². The third-order valence-corrected chi connectivity index (χ3v) is 7.49. The highest BCUT2D eigenvalue weighted by Gasteiger charge is 2.18. The van der Waals surface area contributed by atoms with Gasteiger partial charge in [0.25, 0.3) is 11.5 Å². The average molecular weight is 552 g/mol. The summed E-state index contributed by atoms with van der Waals surface area (Å²) >= 11 is 7.36. The van der Waals surface area contributed by atoms with E-state index >= 15 is 0 Å². The summed E-state index contributed by atoms with van der Waals surface area (Å²) in [4.78, 5) is 27.0. The number of aryl methyl sites for hydroxylation is 2. The Morgan fingerprint density at radius 2 is 1.77 bits per heavy atom. The molecule has 6 nitrogen and oxygen atoms in total. The van der Waals surface area contributed by atoms with Crippen molar-refractivity contribution in [2.45, 2.75) is 13.8 Å². The van der Waals surface area contributed by atoms with Gasteiger partial charge in [-0.1, -0.05) is 54.1 Å². The standard InChI is InChI=1S/C31H22ClN3O3S/c1-19-12-13-20(2)26(16-19)34-29(36)24(18-33)31-35(21-8-4-3-5-9-21)30(37)28(39-31)17-22-14-15-27(38-22)23-10-6-7-11-25(23)32/h3-17H,1-2H3,(H,34,36)/b28-17+,31-24+. The van der Waals surface area contributed by atoms with Crippen LogP contribution >= 0.6 is 22.9 Å². The van der Waals surface area contributed by atoms with Crippen LogP contribution in [-0.4, -0.2) is 10.5 Å². The molecule has 0 aliphatic heterocycles. The van der Waals surface area contributed by atoms with Crippen LogP contribution in [0.15, 0.2) is 94.1 Å². The number of nitrogens with one attached hydrogen (secondary N) is 1. The second-order valence-electron chi connectivity index (χ2n) is 8.83. The molecule has 3 aromatic carbocycles. The Labute approximate surface area is 233 Å². The Hall–Kier alpha value is -4.64. The van der Waals surface area contributed by atoms with Crippen molar-refractivity contribution in [2.75, 3.05) is 5.32 Å². The first kappa shape index (κ1) is 26.0. The third kappa shape index (κ3) is 5.34. The number of halogens is 1. The van der Waals surface area contributed by atoms with Gasteiger partial charge in [0.15, 0.2) is 5.57 Å². The summed E-state index contributed by atoms with van der Waals surface area (Å²) in [6.07, 6.45) is 1.61. The van der Waals surface area contributed by atoms with E-state index in [1.165, 1.54) is 4.57 Å². The Morgan fingerprint density at radius 3 is 2.51 bits per heavy atom. The molecule has 8 heteroatoms. The van der Waals surface area contributed by atoms with Gasteiger partial charge >= 0.3 is 0 Å². The van der Waals surface area contributed by atoms with E-state index in [0.29, 0.717) is 32.5 Å². The molecule has 1 N–H and O–H groups in total. The summed E-state index contributed by atoms with van der Waals surface area (Å²) in [5, 5.41) is 13.5. The first-order valence-corrected chi connectivity index (χ1v) is 13.2. The van der Waals surface area contributed by atoms with E-state index in [1.54, 1.807) is 48.5 Å². The topological polar surface area (TPSA) is 88.0 Å². The molecular formula is C31H22ClN3O3S. The Kier molecular flexibility index (Phi) is 7.33. The van der Waals surface area contributed by atoms with Crippen LogP contribution in [0.25, 0.3) is 28.7 Å². The predicted octanol–water partition coefficient (Wildman–Crippen LogP) is 5.57. The van der Waals surface area contributed by atoms with Gasteiger partial charge in [-0.05, 0) is 67.4 Å². The van der Waals surface area contributed by atoms with Crippen LogP contribution in [0.1, 0.15) is 16.9 Å². The SMILES string of the molecule is Cc1ccc(C)c(NC(=O)/C(C#N)=c2/s/c(=C/c3ccc(-c4ccccc4Cl)o3)c(=O)n2-c2ccccc2)c1. The van der Waals surface area contributed by atoms with Gasteiger partial charge in [-0.3, -0.25) is 14.2 Å². The molecule has 2 heterocycles. The quantitative estimate of drug-likeness (QED) is 0.309. The molecule has 0 aliphatic rings. The molecule has 0 radical (unpaired) electrons. The van der Waals surface area contributed by atoms with Crippen LogP contribution < -0.4 is 20.1 Å². The fourth-order valence-electron chi connectivity index (χ4n) is 4.08.